The van der Waals surface area contributed by atoms with E-state index in [9.17, 15) is 13.6 Å². The Kier molecular flexibility index (Phi) is 4.25. The summed E-state index contributed by atoms with van der Waals surface area (Å²) in [5.41, 5.74) is 2.20. The molecule has 0 aliphatic heterocycles. The Morgan fingerprint density at radius 1 is 1.10 bits per heavy atom. The van der Waals surface area contributed by atoms with Gasteiger partial charge in [-0.3, -0.25) is 4.79 Å². The largest absolute Gasteiger partial charge is 0.322 e. The lowest BCUT2D eigenvalue weighted by molar-refractivity contribution is -0.111. The molecular formula is C16H13F2NO. The van der Waals surface area contributed by atoms with Gasteiger partial charge in [0.2, 0.25) is 5.91 Å². The minimum absolute atomic E-state index is 0.211. The summed E-state index contributed by atoms with van der Waals surface area (Å²) in [4.78, 5) is 11.7. The number of benzene rings is 2. The monoisotopic (exact) mass is 273 g/mol. The molecule has 0 atom stereocenters. The lowest BCUT2D eigenvalue weighted by atomic mass is 10.1. The molecule has 0 fully saturated rings. The van der Waals surface area contributed by atoms with Crippen molar-refractivity contribution in [1.29, 1.82) is 0 Å². The van der Waals surface area contributed by atoms with Gasteiger partial charge in [-0.2, -0.15) is 0 Å². The molecule has 102 valence electrons. The Hall–Kier alpha value is -2.49. The van der Waals surface area contributed by atoms with Crippen molar-refractivity contribution >= 4 is 17.7 Å². The van der Waals surface area contributed by atoms with Crippen molar-refractivity contribution < 1.29 is 13.6 Å². The molecule has 1 N–H and O–H groups in total. The predicted molar refractivity (Wildman–Crippen MR) is 75.2 cm³/mol. The highest BCUT2D eigenvalue weighted by Crippen LogP contribution is 2.13. The summed E-state index contributed by atoms with van der Waals surface area (Å²) in [6, 6.07) is 10.9. The third-order valence-corrected chi connectivity index (χ3v) is 2.66. The van der Waals surface area contributed by atoms with Gasteiger partial charge in [-0.15, -0.1) is 0 Å². The average Bonchev–Trinajstić information content (AvgIpc) is 2.41. The summed E-state index contributed by atoms with van der Waals surface area (Å²) in [6.45, 7) is 1.96. The number of anilines is 1. The molecule has 0 radical (unpaired) electrons. The van der Waals surface area contributed by atoms with Crippen LogP contribution < -0.4 is 5.32 Å². The molecule has 0 unspecified atom stereocenters. The zero-order chi connectivity index (χ0) is 14.5. The van der Waals surface area contributed by atoms with Gasteiger partial charge in [0, 0.05) is 17.8 Å². The lowest BCUT2D eigenvalue weighted by Crippen LogP contribution is -2.08. The maximum absolute atomic E-state index is 13.0. The van der Waals surface area contributed by atoms with Crippen LogP contribution in [0.1, 0.15) is 11.1 Å². The number of aryl methyl sites for hydroxylation is 1. The zero-order valence-electron chi connectivity index (χ0n) is 10.9. The van der Waals surface area contributed by atoms with Crippen molar-refractivity contribution in [3.05, 3.63) is 71.3 Å². The first-order valence-corrected chi connectivity index (χ1v) is 6.05. The number of hydrogen-bond donors (Lipinski definition) is 1. The summed E-state index contributed by atoms with van der Waals surface area (Å²) >= 11 is 0. The molecule has 2 nitrogen and oxygen atoms in total. The molecule has 2 aromatic rings. The summed E-state index contributed by atoms with van der Waals surface area (Å²) in [6.07, 6.45) is 3.00. The number of amides is 1. The van der Waals surface area contributed by atoms with E-state index in [0.717, 1.165) is 23.3 Å². The molecule has 20 heavy (non-hydrogen) atoms. The molecule has 0 saturated heterocycles. The number of carbonyl (C=O) groups is 1. The van der Waals surface area contributed by atoms with E-state index in [-0.39, 0.29) is 5.69 Å². The molecule has 2 aromatic carbocycles. The molecule has 4 heteroatoms. The van der Waals surface area contributed by atoms with Crippen LogP contribution in [0.2, 0.25) is 0 Å². The molecule has 0 spiro atoms. The highest BCUT2D eigenvalue weighted by molar-refractivity contribution is 6.01. The molecule has 2 rings (SSSR count). The van der Waals surface area contributed by atoms with Crippen LogP contribution in [-0.2, 0) is 4.79 Å². The highest BCUT2D eigenvalue weighted by Gasteiger charge is 2.04. The quantitative estimate of drug-likeness (QED) is 0.844. The van der Waals surface area contributed by atoms with E-state index < -0.39 is 17.5 Å². The summed E-state index contributed by atoms with van der Waals surface area (Å²) in [5.74, 6) is -2.35. The Morgan fingerprint density at radius 2 is 1.90 bits per heavy atom. The number of hydrogen-bond acceptors (Lipinski definition) is 1. The van der Waals surface area contributed by atoms with Gasteiger partial charge in [0.05, 0.1) is 0 Å². The molecule has 0 aliphatic carbocycles. The second kappa shape index (κ2) is 6.10. The van der Waals surface area contributed by atoms with Gasteiger partial charge in [-0.1, -0.05) is 29.8 Å². The fourth-order valence-electron chi connectivity index (χ4n) is 1.70. The SMILES string of the molecule is Cc1cccc(/C=C/C(=O)Nc2ccc(F)c(F)c2)c1. The minimum atomic E-state index is -0.995. The van der Waals surface area contributed by atoms with Crippen LogP contribution in [0.3, 0.4) is 0 Å². The summed E-state index contributed by atoms with van der Waals surface area (Å²) in [5, 5.41) is 2.46. The van der Waals surface area contributed by atoms with Crippen LogP contribution in [0, 0.1) is 18.6 Å². The molecule has 0 aliphatic rings. The normalized spacial score (nSPS) is 10.8. The Labute approximate surface area is 115 Å². The van der Waals surface area contributed by atoms with Gasteiger partial charge in [-0.25, -0.2) is 8.78 Å². The Balaban J connectivity index is 2.03. The van der Waals surface area contributed by atoms with E-state index in [2.05, 4.69) is 5.32 Å². The molecule has 1 amide bonds. The van der Waals surface area contributed by atoms with E-state index in [1.807, 2.05) is 31.2 Å². The maximum atomic E-state index is 13.0. The van der Waals surface area contributed by atoms with Gasteiger partial charge in [0.15, 0.2) is 11.6 Å². The summed E-state index contributed by atoms with van der Waals surface area (Å²) < 4.78 is 25.7. The molecule has 0 heterocycles. The van der Waals surface area contributed by atoms with Crippen LogP contribution in [0.5, 0.6) is 0 Å². The summed E-state index contributed by atoms with van der Waals surface area (Å²) in [7, 11) is 0. The predicted octanol–water partition coefficient (Wildman–Crippen LogP) is 3.93. The third-order valence-electron chi connectivity index (χ3n) is 2.66. The van der Waals surface area contributed by atoms with Crippen molar-refractivity contribution in [2.75, 3.05) is 5.32 Å². The smallest absolute Gasteiger partial charge is 0.248 e. The van der Waals surface area contributed by atoms with Gasteiger partial charge >= 0.3 is 0 Å². The number of halogens is 2. The van der Waals surface area contributed by atoms with Gasteiger partial charge in [-0.05, 0) is 30.7 Å². The second-order valence-electron chi connectivity index (χ2n) is 4.37. The number of nitrogens with one attached hydrogen (secondary N) is 1. The fourth-order valence-corrected chi connectivity index (χ4v) is 1.70. The van der Waals surface area contributed by atoms with Crippen LogP contribution in [0.4, 0.5) is 14.5 Å². The van der Waals surface area contributed by atoms with Crippen LogP contribution in [0.25, 0.3) is 6.08 Å². The van der Waals surface area contributed by atoms with E-state index in [0.29, 0.717) is 0 Å². The van der Waals surface area contributed by atoms with E-state index in [1.54, 1.807) is 6.08 Å². The van der Waals surface area contributed by atoms with Crippen molar-refractivity contribution in [3.63, 3.8) is 0 Å². The second-order valence-corrected chi connectivity index (χ2v) is 4.37. The average molecular weight is 273 g/mol. The molecule has 0 aromatic heterocycles. The van der Waals surface area contributed by atoms with Crippen LogP contribution in [0.15, 0.2) is 48.5 Å². The third kappa shape index (κ3) is 3.75. The Morgan fingerprint density at radius 3 is 2.60 bits per heavy atom. The number of carbonyl (C=O) groups excluding carboxylic acids is 1. The zero-order valence-corrected chi connectivity index (χ0v) is 10.9. The maximum Gasteiger partial charge on any atom is 0.248 e. The minimum Gasteiger partial charge on any atom is -0.322 e. The van der Waals surface area contributed by atoms with Crippen LogP contribution in [-0.4, -0.2) is 5.91 Å². The first-order chi connectivity index (χ1) is 9.54. The van der Waals surface area contributed by atoms with Crippen molar-refractivity contribution in [2.24, 2.45) is 0 Å². The highest BCUT2D eigenvalue weighted by atomic mass is 19.2. The lowest BCUT2D eigenvalue weighted by Gasteiger charge is -2.02. The van der Waals surface area contributed by atoms with Gasteiger partial charge in [0.1, 0.15) is 0 Å². The van der Waals surface area contributed by atoms with Crippen molar-refractivity contribution in [1.82, 2.24) is 0 Å². The van der Waals surface area contributed by atoms with E-state index in [4.69, 9.17) is 0 Å². The number of rotatable bonds is 3. The first kappa shape index (κ1) is 13.9. The van der Waals surface area contributed by atoms with E-state index in [1.165, 1.54) is 12.1 Å². The van der Waals surface area contributed by atoms with Gasteiger partial charge in [0.25, 0.3) is 0 Å². The van der Waals surface area contributed by atoms with Gasteiger partial charge < -0.3 is 5.32 Å². The molecule has 0 bridgehead atoms. The standard InChI is InChI=1S/C16H13F2NO/c1-11-3-2-4-12(9-11)5-8-16(20)19-13-6-7-14(17)15(18)10-13/h2-10H,1H3,(H,19,20)/b8-5+. The topological polar surface area (TPSA) is 29.1 Å². The van der Waals surface area contributed by atoms with E-state index >= 15 is 0 Å². The van der Waals surface area contributed by atoms with Crippen molar-refractivity contribution in [3.8, 4) is 0 Å². The molecular weight excluding hydrogens is 260 g/mol. The first-order valence-electron chi connectivity index (χ1n) is 6.05. The van der Waals surface area contributed by atoms with Crippen molar-refractivity contribution in [2.45, 2.75) is 6.92 Å². The fraction of sp³-hybridized carbons (Fsp3) is 0.0625. The molecule has 0 saturated carbocycles. The van der Waals surface area contributed by atoms with Crippen LogP contribution >= 0.6 is 0 Å². The Bertz CT molecular complexity index is 665.